The van der Waals surface area contributed by atoms with Crippen LogP contribution >= 0.6 is 0 Å². The number of hydrogen-bond acceptors (Lipinski definition) is 3. The van der Waals surface area contributed by atoms with Gasteiger partial charge in [-0.15, -0.1) is 0 Å². The van der Waals surface area contributed by atoms with Gasteiger partial charge in [0.25, 0.3) is 0 Å². The molecule has 1 amide bonds. The molecule has 0 bridgehead atoms. The summed E-state index contributed by atoms with van der Waals surface area (Å²) < 4.78 is 0. The summed E-state index contributed by atoms with van der Waals surface area (Å²) in [6.45, 7) is 1.66. The van der Waals surface area contributed by atoms with E-state index in [-0.39, 0.29) is 24.3 Å². The van der Waals surface area contributed by atoms with E-state index in [2.05, 4.69) is 10.6 Å². The molecule has 21 heavy (non-hydrogen) atoms. The highest BCUT2D eigenvalue weighted by atomic mass is 16.4. The zero-order valence-electron chi connectivity index (χ0n) is 12.0. The lowest BCUT2D eigenvalue weighted by molar-refractivity contribution is -0.137. The molecule has 5 nitrogen and oxygen atoms in total. The quantitative estimate of drug-likeness (QED) is 0.745. The van der Waals surface area contributed by atoms with Crippen LogP contribution in [0, 0.1) is 5.92 Å². The van der Waals surface area contributed by atoms with Gasteiger partial charge in [0.15, 0.2) is 0 Å². The topological polar surface area (TPSA) is 78.4 Å². The van der Waals surface area contributed by atoms with Crippen LogP contribution < -0.4 is 10.6 Å². The van der Waals surface area contributed by atoms with E-state index in [9.17, 15) is 9.59 Å². The zero-order valence-corrected chi connectivity index (χ0v) is 12.0. The number of aliphatic carboxylic acids is 1. The Labute approximate surface area is 124 Å². The molecule has 1 heterocycles. The van der Waals surface area contributed by atoms with E-state index in [1.807, 2.05) is 30.3 Å². The Bertz CT molecular complexity index is 470. The molecule has 0 aliphatic carbocycles. The molecule has 2 unspecified atom stereocenters. The summed E-state index contributed by atoms with van der Waals surface area (Å²) in [6, 6.07) is 9.31. The number of hydrogen-bond donors (Lipinski definition) is 3. The highest BCUT2D eigenvalue weighted by Crippen LogP contribution is 2.20. The second kappa shape index (κ2) is 7.78. The third-order valence-corrected chi connectivity index (χ3v) is 3.83. The number of benzene rings is 1. The van der Waals surface area contributed by atoms with E-state index < -0.39 is 5.97 Å². The largest absolute Gasteiger partial charge is 0.481 e. The van der Waals surface area contributed by atoms with Crippen molar-refractivity contribution in [3.63, 3.8) is 0 Å². The minimum absolute atomic E-state index is 0.0152. The van der Waals surface area contributed by atoms with E-state index >= 15 is 0 Å². The Morgan fingerprint density at radius 1 is 1.33 bits per heavy atom. The lowest BCUT2D eigenvalue weighted by atomic mass is 9.96. The summed E-state index contributed by atoms with van der Waals surface area (Å²) in [5.41, 5.74) is 0.955. The molecule has 0 aromatic heterocycles. The lowest BCUT2D eigenvalue weighted by Crippen LogP contribution is -2.41. The fraction of sp³-hybridized carbons (Fsp3) is 0.500. The fourth-order valence-electron chi connectivity index (χ4n) is 2.64. The Hall–Kier alpha value is -1.88. The minimum Gasteiger partial charge on any atom is -0.481 e. The van der Waals surface area contributed by atoms with Gasteiger partial charge in [0.05, 0.1) is 12.0 Å². The van der Waals surface area contributed by atoms with E-state index in [0.717, 1.165) is 24.9 Å². The molecule has 1 aliphatic heterocycles. The third kappa shape index (κ3) is 4.86. The van der Waals surface area contributed by atoms with Crippen molar-refractivity contribution in [1.82, 2.24) is 10.6 Å². The molecule has 1 saturated heterocycles. The van der Waals surface area contributed by atoms with Crippen LogP contribution in [0.3, 0.4) is 0 Å². The molecule has 1 aliphatic rings. The molecule has 114 valence electrons. The van der Waals surface area contributed by atoms with Crippen LogP contribution in [-0.4, -0.2) is 30.1 Å². The molecule has 2 rings (SSSR count). The zero-order chi connectivity index (χ0) is 15.1. The maximum atomic E-state index is 12.3. The average molecular weight is 290 g/mol. The van der Waals surface area contributed by atoms with Gasteiger partial charge in [-0.1, -0.05) is 30.3 Å². The fourth-order valence-corrected chi connectivity index (χ4v) is 2.64. The van der Waals surface area contributed by atoms with Gasteiger partial charge in [-0.05, 0) is 31.4 Å². The number of carbonyl (C=O) groups excluding carboxylic acids is 1. The average Bonchev–Trinajstić information content (AvgIpc) is 2.52. The van der Waals surface area contributed by atoms with E-state index in [1.165, 1.54) is 0 Å². The molecular weight excluding hydrogens is 268 g/mol. The van der Waals surface area contributed by atoms with Crippen LogP contribution in [-0.2, 0) is 9.59 Å². The molecule has 0 saturated carbocycles. The van der Waals surface area contributed by atoms with Crippen molar-refractivity contribution in [2.45, 2.75) is 31.7 Å². The minimum atomic E-state index is -0.843. The van der Waals surface area contributed by atoms with Gasteiger partial charge in [-0.3, -0.25) is 9.59 Å². The molecule has 3 N–H and O–H groups in total. The van der Waals surface area contributed by atoms with Crippen LogP contribution in [0.15, 0.2) is 30.3 Å². The smallest absolute Gasteiger partial charge is 0.303 e. The van der Waals surface area contributed by atoms with Crippen molar-refractivity contribution in [3.05, 3.63) is 35.9 Å². The SMILES string of the molecule is O=C(O)CCC(NC(=O)C1CCCNC1)c1ccccc1. The predicted octanol–water partition coefficient (Wildman–Crippen LogP) is 1.71. The lowest BCUT2D eigenvalue weighted by Gasteiger charge is -2.25. The van der Waals surface area contributed by atoms with Gasteiger partial charge < -0.3 is 15.7 Å². The second-order valence-electron chi connectivity index (χ2n) is 5.45. The highest BCUT2D eigenvalue weighted by molar-refractivity contribution is 5.79. The van der Waals surface area contributed by atoms with Crippen LogP contribution in [0.25, 0.3) is 0 Å². The van der Waals surface area contributed by atoms with Gasteiger partial charge in [0, 0.05) is 13.0 Å². The van der Waals surface area contributed by atoms with Gasteiger partial charge in [0.2, 0.25) is 5.91 Å². The van der Waals surface area contributed by atoms with Crippen molar-refractivity contribution in [2.24, 2.45) is 5.92 Å². The van der Waals surface area contributed by atoms with Crippen LogP contribution in [0.4, 0.5) is 0 Å². The summed E-state index contributed by atoms with van der Waals surface area (Å²) in [4.78, 5) is 23.1. The van der Waals surface area contributed by atoms with Crippen molar-refractivity contribution < 1.29 is 14.7 Å². The van der Waals surface area contributed by atoms with Crippen LogP contribution in [0.2, 0.25) is 0 Å². The van der Waals surface area contributed by atoms with Crippen molar-refractivity contribution in [2.75, 3.05) is 13.1 Å². The summed E-state index contributed by atoms with van der Waals surface area (Å²) in [5, 5.41) is 15.1. The Morgan fingerprint density at radius 3 is 2.71 bits per heavy atom. The first-order valence-electron chi connectivity index (χ1n) is 7.44. The van der Waals surface area contributed by atoms with Gasteiger partial charge in [-0.2, -0.15) is 0 Å². The predicted molar refractivity (Wildman–Crippen MR) is 79.8 cm³/mol. The molecule has 1 fully saturated rings. The van der Waals surface area contributed by atoms with Gasteiger partial charge in [-0.25, -0.2) is 0 Å². The maximum absolute atomic E-state index is 12.3. The monoisotopic (exact) mass is 290 g/mol. The standard InChI is InChI=1S/C16H22N2O3/c19-15(20)9-8-14(12-5-2-1-3-6-12)18-16(21)13-7-4-10-17-11-13/h1-3,5-6,13-14,17H,4,7-11H2,(H,18,21)(H,19,20). The molecule has 2 atom stereocenters. The summed E-state index contributed by atoms with van der Waals surface area (Å²) >= 11 is 0. The first kappa shape index (κ1) is 15.5. The molecule has 0 radical (unpaired) electrons. The normalized spacial score (nSPS) is 19.7. The number of carbonyl (C=O) groups is 2. The Kier molecular flexibility index (Phi) is 5.75. The number of carboxylic acids is 1. The van der Waals surface area contributed by atoms with Gasteiger partial charge in [0.1, 0.15) is 0 Å². The first-order valence-corrected chi connectivity index (χ1v) is 7.44. The summed E-state index contributed by atoms with van der Waals surface area (Å²) in [6.07, 6.45) is 2.34. The highest BCUT2D eigenvalue weighted by Gasteiger charge is 2.24. The van der Waals surface area contributed by atoms with E-state index in [0.29, 0.717) is 13.0 Å². The first-order chi connectivity index (χ1) is 10.2. The Morgan fingerprint density at radius 2 is 2.10 bits per heavy atom. The molecule has 1 aromatic rings. The molecule has 0 spiro atoms. The van der Waals surface area contributed by atoms with Gasteiger partial charge >= 0.3 is 5.97 Å². The number of rotatable bonds is 6. The van der Waals surface area contributed by atoms with Crippen LogP contribution in [0.5, 0.6) is 0 Å². The summed E-state index contributed by atoms with van der Waals surface area (Å²) in [7, 11) is 0. The van der Waals surface area contributed by atoms with Crippen molar-refractivity contribution in [3.8, 4) is 0 Å². The molecule has 1 aromatic carbocycles. The van der Waals surface area contributed by atoms with Crippen molar-refractivity contribution >= 4 is 11.9 Å². The molecule has 5 heteroatoms. The second-order valence-corrected chi connectivity index (χ2v) is 5.45. The number of nitrogens with one attached hydrogen (secondary N) is 2. The van der Waals surface area contributed by atoms with E-state index in [4.69, 9.17) is 5.11 Å². The molecular formula is C16H22N2O3. The van der Waals surface area contributed by atoms with E-state index in [1.54, 1.807) is 0 Å². The third-order valence-electron chi connectivity index (χ3n) is 3.83. The number of carboxylic acid groups (broad SMARTS) is 1. The number of amides is 1. The Balaban J connectivity index is 2.00. The van der Waals surface area contributed by atoms with Crippen LogP contribution in [0.1, 0.15) is 37.3 Å². The summed E-state index contributed by atoms with van der Waals surface area (Å²) in [5.74, 6) is -0.847. The number of piperidine rings is 1. The maximum Gasteiger partial charge on any atom is 0.303 e. The van der Waals surface area contributed by atoms with Crippen molar-refractivity contribution in [1.29, 1.82) is 0 Å².